The molecule has 1 aromatic carbocycles. The van der Waals surface area contributed by atoms with E-state index in [1.165, 1.54) is 11.3 Å². The highest BCUT2D eigenvalue weighted by atomic mass is 32.1. The van der Waals surface area contributed by atoms with Crippen LogP contribution in [0.4, 0.5) is 5.13 Å². The molecule has 6 nitrogen and oxygen atoms in total. The fourth-order valence-electron chi connectivity index (χ4n) is 2.35. The second-order valence-electron chi connectivity index (χ2n) is 5.95. The monoisotopic (exact) mass is 344 g/mol. The summed E-state index contributed by atoms with van der Waals surface area (Å²) in [5.41, 5.74) is 7.17. The summed E-state index contributed by atoms with van der Waals surface area (Å²) in [6.45, 7) is 0.505. The Morgan fingerprint density at radius 1 is 1.29 bits per heavy atom. The number of rotatable bonds is 7. The molecular formula is C17H20N4O2S. The van der Waals surface area contributed by atoms with Crippen LogP contribution in [-0.2, 0) is 11.2 Å². The molecule has 126 valence electrons. The summed E-state index contributed by atoms with van der Waals surface area (Å²) in [6.07, 6.45) is 2.51. The largest absolute Gasteiger partial charge is 0.354 e. The van der Waals surface area contributed by atoms with Crippen molar-refractivity contribution in [2.24, 2.45) is 11.7 Å². The molecule has 3 rings (SSSR count). The van der Waals surface area contributed by atoms with Gasteiger partial charge >= 0.3 is 0 Å². The Hall–Kier alpha value is -2.25. The van der Waals surface area contributed by atoms with E-state index in [0.717, 1.165) is 12.8 Å². The van der Waals surface area contributed by atoms with E-state index < -0.39 is 0 Å². The van der Waals surface area contributed by atoms with Crippen molar-refractivity contribution in [3.05, 3.63) is 47.0 Å². The molecule has 1 aromatic heterocycles. The predicted molar refractivity (Wildman–Crippen MR) is 93.9 cm³/mol. The average Bonchev–Trinajstić information content (AvgIpc) is 3.36. The second kappa shape index (κ2) is 7.55. The van der Waals surface area contributed by atoms with Crippen molar-refractivity contribution in [1.29, 1.82) is 0 Å². The van der Waals surface area contributed by atoms with E-state index in [-0.39, 0.29) is 24.3 Å². The number of hydrogen-bond acceptors (Lipinski definition) is 5. The Bertz CT molecular complexity index is 712. The molecule has 1 heterocycles. The van der Waals surface area contributed by atoms with E-state index in [2.05, 4.69) is 15.6 Å². The zero-order chi connectivity index (χ0) is 16.9. The first-order chi connectivity index (χ1) is 11.6. The van der Waals surface area contributed by atoms with Gasteiger partial charge in [0.2, 0.25) is 5.91 Å². The van der Waals surface area contributed by atoms with Crippen LogP contribution in [0.3, 0.4) is 0 Å². The molecule has 2 aromatic rings. The molecule has 1 fully saturated rings. The van der Waals surface area contributed by atoms with Gasteiger partial charge in [-0.15, -0.1) is 11.3 Å². The molecule has 2 amide bonds. The average molecular weight is 344 g/mol. The van der Waals surface area contributed by atoms with E-state index in [0.29, 0.717) is 28.9 Å². The number of nitrogens with two attached hydrogens (primary N) is 1. The molecule has 0 bridgehead atoms. The van der Waals surface area contributed by atoms with E-state index in [1.54, 1.807) is 29.6 Å². The van der Waals surface area contributed by atoms with Gasteiger partial charge in [0.05, 0.1) is 12.1 Å². The fraction of sp³-hybridized carbons (Fsp3) is 0.353. The SMILES string of the molecule is NC(CNC(=O)Cc1csc(NC(=O)c2ccccc2)n1)C1CC1. The minimum absolute atomic E-state index is 0.0464. The molecule has 1 unspecified atom stereocenters. The molecule has 1 aliphatic rings. The summed E-state index contributed by atoms with van der Waals surface area (Å²) in [5, 5.41) is 7.85. The third-order valence-electron chi connectivity index (χ3n) is 3.91. The highest BCUT2D eigenvalue weighted by molar-refractivity contribution is 7.14. The van der Waals surface area contributed by atoms with Crippen molar-refractivity contribution in [3.8, 4) is 0 Å². The number of aromatic nitrogens is 1. The van der Waals surface area contributed by atoms with Gasteiger partial charge in [-0.2, -0.15) is 0 Å². The van der Waals surface area contributed by atoms with Gasteiger partial charge in [0.15, 0.2) is 5.13 Å². The minimum atomic E-state index is -0.212. The van der Waals surface area contributed by atoms with Gasteiger partial charge in [-0.1, -0.05) is 18.2 Å². The maximum Gasteiger partial charge on any atom is 0.257 e. The van der Waals surface area contributed by atoms with Gasteiger partial charge in [0.25, 0.3) is 5.91 Å². The number of nitrogens with zero attached hydrogens (tertiary/aromatic N) is 1. The van der Waals surface area contributed by atoms with Crippen LogP contribution in [0.25, 0.3) is 0 Å². The topological polar surface area (TPSA) is 97.1 Å². The Kier molecular flexibility index (Phi) is 5.22. The lowest BCUT2D eigenvalue weighted by atomic mass is 10.2. The van der Waals surface area contributed by atoms with Gasteiger partial charge < -0.3 is 11.1 Å². The Balaban J connectivity index is 1.48. The van der Waals surface area contributed by atoms with Crippen LogP contribution in [0.5, 0.6) is 0 Å². The zero-order valence-electron chi connectivity index (χ0n) is 13.2. The summed E-state index contributed by atoms with van der Waals surface area (Å²) >= 11 is 1.31. The normalized spacial score (nSPS) is 14.9. The van der Waals surface area contributed by atoms with Crippen molar-refractivity contribution in [3.63, 3.8) is 0 Å². The summed E-state index contributed by atoms with van der Waals surface area (Å²) in [5.74, 6) is 0.248. The smallest absolute Gasteiger partial charge is 0.257 e. The minimum Gasteiger partial charge on any atom is -0.354 e. The summed E-state index contributed by atoms with van der Waals surface area (Å²) in [7, 11) is 0. The van der Waals surface area contributed by atoms with Gasteiger partial charge in [-0.05, 0) is 30.9 Å². The molecule has 1 atom stereocenters. The highest BCUT2D eigenvalue weighted by Gasteiger charge is 2.28. The predicted octanol–water partition coefficient (Wildman–Crippen LogP) is 1.79. The summed E-state index contributed by atoms with van der Waals surface area (Å²) < 4.78 is 0. The number of anilines is 1. The highest BCUT2D eigenvalue weighted by Crippen LogP contribution is 2.31. The van der Waals surface area contributed by atoms with Crippen LogP contribution >= 0.6 is 11.3 Å². The molecule has 4 N–H and O–H groups in total. The maximum absolute atomic E-state index is 12.1. The zero-order valence-corrected chi connectivity index (χ0v) is 14.0. The summed E-state index contributed by atoms with van der Waals surface area (Å²) in [4.78, 5) is 28.3. The number of benzene rings is 1. The van der Waals surface area contributed by atoms with Crippen LogP contribution in [0.2, 0.25) is 0 Å². The molecule has 0 spiro atoms. The lowest BCUT2D eigenvalue weighted by Crippen LogP contribution is -2.39. The molecule has 1 aliphatic carbocycles. The Labute approximate surface area is 144 Å². The van der Waals surface area contributed by atoms with Crippen LogP contribution in [0.15, 0.2) is 35.7 Å². The van der Waals surface area contributed by atoms with Gasteiger partial charge in [0.1, 0.15) is 0 Å². The molecule has 24 heavy (non-hydrogen) atoms. The third-order valence-corrected chi connectivity index (χ3v) is 4.72. The lowest BCUT2D eigenvalue weighted by molar-refractivity contribution is -0.120. The number of carbonyl (C=O) groups is 2. The van der Waals surface area contributed by atoms with Crippen LogP contribution < -0.4 is 16.4 Å². The number of amides is 2. The van der Waals surface area contributed by atoms with Crippen molar-refractivity contribution in [2.45, 2.75) is 25.3 Å². The van der Waals surface area contributed by atoms with Gasteiger partial charge in [-0.25, -0.2) is 4.98 Å². The first-order valence-corrected chi connectivity index (χ1v) is 8.83. The van der Waals surface area contributed by atoms with E-state index in [4.69, 9.17) is 5.73 Å². The molecule has 1 saturated carbocycles. The molecular weight excluding hydrogens is 324 g/mol. The standard InChI is InChI=1S/C17H20N4O2S/c18-14(11-6-7-11)9-19-15(22)8-13-10-24-17(20-13)21-16(23)12-4-2-1-3-5-12/h1-5,10-11,14H,6-9,18H2,(H,19,22)(H,20,21,23). The fourth-order valence-corrected chi connectivity index (χ4v) is 3.06. The van der Waals surface area contributed by atoms with Gasteiger partial charge in [0, 0.05) is 23.5 Å². The van der Waals surface area contributed by atoms with Crippen molar-refractivity contribution < 1.29 is 9.59 Å². The molecule has 7 heteroatoms. The van der Waals surface area contributed by atoms with E-state index >= 15 is 0 Å². The quantitative estimate of drug-likeness (QED) is 0.713. The first kappa shape index (κ1) is 16.6. The number of carbonyl (C=O) groups excluding carboxylic acids is 2. The van der Waals surface area contributed by atoms with E-state index in [1.807, 2.05) is 6.07 Å². The number of hydrogen-bond donors (Lipinski definition) is 3. The third kappa shape index (κ3) is 4.62. The molecule has 0 aliphatic heterocycles. The van der Waals surface area contributed by atoms with Crippen molar-refractivity contribution >= 4 is 28.3 Å². The number of thiazole rings is 1. The van der Waals surface area contributed by atoms with E-state index in [9.17, 15) is 9.59 Å². The Morgan fingerprint density at radius 3 is 2.75 bits per heavy atom. The summed E-state index contributed by atoms with van der Waals surface area (Å²) in [6, 6.07) is 8.98. The molecule has 0 saturated heterocycles. The number of nitrogens with one attached hydrogen (secondary N) is 2. The van der Waals surface area contributed by atoms with Crippen LogP contribution in [0, 0.1) is 5.92 Å². The van der Waals surface area contributed by atoms with Crippen LogP contribution in [-0.4, -0.2) is 29.4 Å². The lowest BCUT2D eigenvalue weighted by Gasteiger charge is -2.10. The van der Waals surface area contributed by atoms with Crippen LogP contribution in [0.1, 0.15) is 28.9 Å². The first-order valence-electron chi connectivity index (χ1n) is 7.95. The van der Waals surface area contributed by atoms with Crippen molar-refractivity contribution in [2.75, 3.05) is 11.9 Å². The maximum atomic E-state index is 12.1. The van der Waals surface area contributed by atoms with Gasteiger partial charge in [-0.3, -0.25) is 14.9 Å². The second-order valence-corrected chi connectivity index (χ2v) is 6.80. The van der Waals surface area contributed by atoms with Crippen molar-refractivity contribution in [1.82, 2.24) is 10.3 Å². The molecule has 0 radical (unpaired) electrons. The Morgan fingerprint density at radius 2 is 2.04 bits per heavy atom.